The highest BCUT2D eigenvalue weighted by atomic mass is 16.6. The Kier molecular flexibility index (Phi) is 3.38. The van der Waals surface area contributed by atoms with Gasteiger partial charge in [-0.1, -0.05) is 30.3 Å². The lowest BCUT2D eigenvalue weighted by molar-refractivity contribution is -0.176. The van der Waals surface area contributed by atoms with Gasteiger partial charge in [0.2, 0.25) is 0 Å². The molecule has 16 heavy (non-hydrogen) atoms. The van der Waals surface area contributed by atoms with Crippen LogP contribution >= 0.6 is 0 Å². The van der Waals surface area contributed by atoms with Gasteiger partial charge in [0, 0.05) is 0 Å². The van der Waals surface area contributed by atoms with Gasteiger partial charge >= 0.3 is 5.97 Å². The minimum absolute atomic E-state index is 0.532. The molecule has 0 radical (unpaired) electrons. The number of hydrogen-bond donors (Lipinski definition) is 1. The van der Waals surface area contributed by atoms with Gasteiger partial charge in [0.15, 0.2) is 5.60 Å². The number of carbonyl (C=O) groups is 1. The van der Waals surface area contributed by atoms with Crippen molar-refractivity contribution in [2.75, 3.05) is 0 Å². The number of esters is 1. The van der Waals surface area contributed by atoms with E-state index in [-0.39, 0.29) is 0 Å². The summed E-state index contributed by atoms with van der Waals surface area (Å²) in [5.74, 6) is -0.633. The zero-order valence-corrected chi connectivity index (χ0v) is 10.2. The van der Waals surface area contributed by atoms with Crippen LogP contribution in [-0.2, 0) is 15.1 Å². The van der Waals surface area contributed by atoms with Gasteiger partial charge < -0.3 is 9.84 Å². The first-order valence-electron chi connectivity index (χ1n) is 5.25. The molecule has 0 heterocycles. The Morgan fingerprint density at radius 1 is 1.12 bits per heavy atom. The third-order valence-electron chi connectivity index (χ3n) is 2.13. The first-order chi connectivity index (χ1) is 7.23. The van der Waals surface area contributed by atoms with Gasteiger partial charge in [-0.05, 0) is 33.3 Å². The van der Waals surface area contributed by atoms with Gasteiger partial charge in [-0.2, -0.15) is 0 Å². The minimum atomic E-state index is -1.60. The fourth-order valence-corrected chi connectivity index (χ4v) is 1.26. The third kappa shape index (κ3) is 3.07. The van der Waals surface area contributed by atoms with Crippen LogP contribution in [0.2, 0.25) is 0 Å². The molecular weight excluding hydrogens is 204 g/mol. The average molecular weight is 222 g/mol. The third-order valence-corrected chi connectivity index (χ3v) is 2.13. The molecule has 1 rings (SSSR count). The summed E-state index contributed by atoms with van der Waals surface area (Å²) in [5, 5.41) is 10.1. The summed E-state index contributed by atoms with van der Waals surface area (Å²) in [6.07, 6.45) is 0. The fraction of sp³-hybridized carbons (Fsp3) is 0.462. The van der Waals surface area contributed by atoms with E-state index in [0.717, 1.165) is 0 Å². The van der Waals surface area contributed by atoms with Crippen molar-refractivity contribution < 1.29 is 14.6 Å². The normalized spacial score (nSPS) is 15.3. The van der Waals surface area contributed by atoms with Crippen LogP contribution in [0.5, 0.6) is 0 Å². The lowest BCUT2D eigenvalue weighted by Crippen LogP contribution is -2.38. The van der Waals surface area contributed by atoms with Gasteiger partial charge in [-0.3, -0.25) is 0 Å². The molecule has 1 atom stereocenters. The molecule has 1 aromatic rings. The molecule has 0 aliphatic heterocycles. The zero-order chi connectivity index (χ0) is 12.4. The van der Waals surface area contributed by atoms with E-state index in [1.54, 1.807) is 45.0 Å². The smallest absolute Gasteiger partial charge is 0.343 e. The van der Waals surface area contributed by atoms with Crippen LogP contribution < -0.4 is 0 Å². The summed E-state index contributed by atoms with van der Waals surface area (Å²) in [7, 11) is 0. The summed E-state index contributed by atoms with van der Waals surface area (Å²) in [6, 6.07) is 8.77. The largest absolute Gasteiger partial charge is 0.458 e. The number of hydrogen-bond acceptors (Lipinski definition) is 3. The first kappa shape index (κ1) is 12.7. The Hall–Kier alpha value is -1.35. The Morgan fingerprint density at radius 3 is 2.06 bits per heavy atom. The minimum Gasteiger partial charge on any atom is -0.458 e. The Morgan fingerprint density at radius 2 is 1.62 bits per heavy atom. The Labute approximate surface area is 96.1 Å². The molecule has 1 aromatic carbocycles. The number of carbonyl (C=O) groups excluding carboxylic acids is 1. The van der Waals surface area contributed by atoms with Crippen LogP contribution in [0.4, 0.5) is 0 Å². The summed E-state index contributed by atoms with van der Waals surface area (Å²) in [5.41, 5.74) is -1.67. The SMILES string of the molecule is CC(C)(C)OC(=O)C(C)(O)c1ccccc1. The second-order valence-electron chi connectivity index (χ2n) is 4.94. The van der Waals surface area contributed by atoms with E-state index in [0.29, 0.717) is 5.56 Å². The van der Waals surface area contributed by atoms with Crippen LogP contribution in [0.15, 0.2) is 30.3 Å². The molecule has 1 N–H and O–H groups in total. The van der Waals surface area contributed by atoms with Gasteiger partial charge in [0.05, 0.1) is 0 Å². The molecule has 3 heteroatoms. The van der Waals surface area contributed by atoms with E-state index in [1.165, 1.54) is 6.92 Å². The highest BCUT2D eigenvalue weighted by Gasteiger charge is 2.36. The number of ether oxygens (including phenoxy) is 1. The highest BCUT2D eigenvalue weighted by molar-refractivity contribution is 5.80. The van der Waals surface area contributed by atoms with E-state index < -0.39 is 17.2 Å². The van der Waals surface area contributed by atoms with Crippen molar-refractivity contribution in [3.63, 3.8) is 0 Å². The van der Waals surface area contributed by atoms with Crippen molar-refractivity contribution in [2.24, 2.45) is 0 Å². The molecule has 88 valence electrons. The summed E-state index contributed by atoms with van der Waals surface area (Å²) in [4.78, 5) is 11.8. The maximum absolute atomic E-state index is 11.8. The van der Waals surface area contributed by atoms with Gasteiger partial charge in [0.1, 0.15) is 5.60 Å². The predicted octanol–water partition coefficient (Wildman–Crippen LogP) is 2.24. The molecule has 1 unspecified atom stereocenters. The predicted molar refractivity (Wildman–Crippen MR) is 61.9 cm³/mol. The van der Waals surface area contributed by atoms with E-state index in [4.69, 9.17) is 4.74 Å². The number of aliphatic hydroxyl groups is 1. The van der Waals surface area contributed by atoms with Crippen molar-refractivity contribution >= 4 is 5.97 Å². The molecule has 0 fully saturated rings. The fourth-order valence-electron chi connectivity index (χ4n) is 1.26. The number of benzene rings is 1. The summed E-state index contributed by atoms with van der Waals surface area (Å²) < 4.78 is 5.17. The molecule has 0 aliphatic carbocycles. The maximum Gasteiger partial charge on any atom is 0.343 e. The average Bonchev–Trinajstić information content (AvgIpc) is 2.16. The van der Waals surface area contributed by atoms with Crippen LogP contribution in [-0.4, -0.2) is 16.7 Å². The van der Waals surface area contributed by atoms with E-state index in [9.17, 15) is 9.90 Å². The van der Waals surface area contributed by atoms with Gasteiger partial charge in [-0.15, -0.1) is 0 Å². The number of rotatable bonds is 2. The maximum atomic E-state index is 11.8. The standard InChI is InChI=1S/C13H18O3/c1-12(2,3)16-11(14)13(4,15)10-8-6-5-7-9-10/h5-9,15H,1-4H3. The second-order valence-corrected chi connectivity index (χ2v) is 4.94. The molecule has 0 aromatic heterocycles. The first-order valence-corrected chi connectivity index (χ1v) is 5.25. The van der Waals surface area contributed by atoms with Gasteiger partial charge in [-0.25, -0.2) is 4.79 Å². The van der Waals surface area contributed by atoms with Crippen LogP contribution in [0.25, 0.3) is 0 Å². The van der Waals surface area contributed by atoms with Crippen LogP contribution in [0.3, 0.4) is 0 Å². The molecule has 0 spiro atoms. The Bertz CT molecular complexity index is 361. The molecule has 0 saturated heterocycles. The van der Waals surface area contributed by atoms with Crippen molar-refractivity contribution in [3.8, 4) is 0 Å². The van der Waals surface area contributed by atoms with Gasteiger partial charge in [0.25, 0.3) is 0 Å². The molecule has 0 saturated carbocycles. The van der Waals surface area contributed by atoms with Crippen LogP contribution in [0, 0.1) is 0 Å². The molecule has 0 bridgehead atoms. The molecule has 0 aliphatic rings. The van der Waals surface area contributed by atoms with Crippen LogP contribution in [0.1, 0.15) is 33.3 Å². The second kappa shape index (κ2) is 4.26. The highest BCUT2D eigenvalue weighted by Crippen LogP contribution is 2.24. The topological polar surface area (TPSA) is 46.5 Å². The van der Waals surface area contributed by atoms with E-state index in [1.807, 2.05) is 6.07 Å². The molecule has 3 nitrogen and oxygen atoms in total. The summed E-state index contributed by atoms with van der Waals surface area (Å²) in [6.45, 7) is 6.75. The van der Waals surface area contributed by atoms with E-state index >= 15 is 0 Å². The van der Waals surface area contributed by atoms with Crippen molar-refractivity contribution in [1.82, 2.24) is 0 Å². The van der Waals surface area contributed by atoms with Crippen molar-refractivity contribution in [2.45, 2.75) is 38.9 Å². The van der Waals surface area contributed by atoms with Crippen molar-refractivity contribution in [3.05, 3.63) is 35.9 Å². The van der Waals surface area contributed by atoms with Crippen molar-refractivity contribution in [1.29, 1.82) is 0 Å². The quantitative estimate of drug-likeness (QED) is 0.780. The molecular formula is C13H18O3. The lowest BCUT2D eigenvalue weighted by Gasteiger charge is -2.27. The van der Waals surface area contributed by atoms with E-state index in [2.05, 4.69) is 0 Å². The monoisotopic (exact) mass is 222 g/mol. The molecule has 0 amide bonds. The lowest BCUT2D eigenvalue weighted by atomic mass is 9.96. The summed E-state index contributed by atoms with van der Waals surface area (Å²) >= 11 is 0. The Balaban J connectivity index is 2.90. The zero-order valence-electron chi connectivity index (χ0n) is 10.2.